The number of aryl methyl sites for hydroxylation is 1. The smallest absolute Gasteiger partial charge is 0.258 e. The highest BCUT2D eigenvalue weighted by atomic mass is 16.5. The molecular formula is C22H24N2O2. The Balaban J connectivity index is 1.30. The molecule has 4 nitrogen and oxygen atoms in total. The number of rotatable bonds is 6. The molecule has 1 atom stereocenters. The van der Waals surface area contributed by atoms with Gasteiger partial charge in [-0.15, -0.1) is 0 Å². The highest BCUT2D eigenvalue weighted by Crippen LogP contribution is 2.29. The SMILES string of the molecule is CCCc1ccc(OCC(=O)NC2Cc3[nH]c4ccccc4c3C2)cc1. The van der Waals surface area contributed by atoms with Crippen LogP contribution in [-0.4, -0.2) is 23.5 Å². The van der Waals surface area contributed by atoms with Crippen molar-refractivity contribution >= 4 is 16.8 Å². The molecular weight excluding hydrogens is 324 g/mol. The quantitative estimate of drug-likeness (QED) is 0.712. The summed E-state index contributed by atoms with van der Waals surface area (Å²) in [5.41, 5.74) is 5.04. The molecule has 4 rings (SSSR count). The van der Waals surface area contributed by atoms with Crippen molar-refractivity contribution in [1.29, 1.82) is 0 Å². The number of benzene rings is 2. The zero-order valence-electron chi connectivity index (χ0n) is 15.0. The number of H-pyrrole nitrogens is 1. The van der Waals surface area contributed by atoms with Gasteiger partial charge in [-0.05, 0) is 42.2 Å². The number of carbonyl (C=O) groups is 1. The maximum atomic E-state index is 12.2. The van der Waals surface area contributed by atoms with Gasteiger partial charge in [-0.25, -0.2) is 0 Å². The topological polar surface area (TPSA) is 54.1 Å². The van der Waals surface area contributed by atoms with Crippen LogP contribution in [-0.2, 0) is 24.1 Å². The van der Waals surface area contributed by atoms with E-state index in [9.17, 15) is 4.79 Å². The fourth-order valence-corrected chi connectivity index (χ4v) is 3.79. The van der Waals surface area contributed by atoms with Crippen LogP contribution in [0.4, 0.5) is 0 Å². The minimum Gasteiger partial charge on any atom is -0.484 e. The van der Waals surface area contributed by atoms with Gasteiger partial charge < -0.3 is 15.0 Å². The van der Waals surface area contributed by atoms with Crippen LogP contribution in [0.3, 0.4) is 0 Å². The first-order valence-electron chi connectivity index (χ1n) is 9.32. The number of hydrogen-bond acceptors (Lipinski definition) is 2. The minimum atomic E-state index is -0.0675. The highest BCUT2D eigenvalue weighted by Gasteiger charge is 2.26. The Hall–Kier alpha value is -2.75. The third-order valence-corrected chi connectivity index (χ3v) is 5.00. The molecule has 0 aliphatic heterocycles. The first kappa shape index (κ1) is 16.7. The van der Waals surface area contributed by atoms with Gasteiger partial charge in [0.15, 0.2) is 6.61 Å². The molecule has 1 heterocycles. The molecule has 1 aliphatic carbocycles. The molecule has 2 aromatic carbocycles. The molecule has 3 aromatic rings. The number of nitrogens with one attached hydrogen (secondary N) is 2. The summed E-state index contributed by atoms with van der Waals surface area (Å²) in [6.07, 6.45) is 3.91. The van der Waals surface area contributed by atoms with Crippen LogP contribution in [0.2, 0.25) is 0 Å². The Labute approximate surface area is 153 Å². The molecule has 1 amide bonds. The molecule has 1 unspecified atom stereocenters. The zero-order chi connectivity index (χ0) is 17.9. The van der Waals surface area contributed by atoms with Crippen molar-refractivity contribution in [3.05, 3.63) is 65.4 Å². The van der Waals surface area contributed by atoms with Gasteiger partial charge >= 0.3 is 0 Å². The van der Waals surface area contributed by atoms with Gasteiger partial charge in [0.2, 0.25) is 0 Å². The Bertz CT molecular complexity index is 912. The van der Waals surface area contributed by atoms with Crippen molar-refractivity contribution in [2.24, 2.45) is 0 Å². The van der Waals surface area contributed by atoms with E-state index in [2.05, 4.69) is 47.6 Å². The zero-order valence-corrected chi connectivity index (χ0v) is 15.0. The van der Waals surface area contributed by atoms with Crippen LogP contribution < -0.4 is 10.1 Å². The van der Waals surface area contributed by atoms with E-state index in [0.29, 0.717) is 0 Å². The van der Waals surface area contributed by atoms with E-state index in [-0.39, 0.29) is 18.6 Å². The molecule has 2 N–H and O–H groups in total. The van der Waals surface area contributed by atoms with Gasteiger partial charge in [-0.2, -0.15) is 0 Å². The van der Waals surface area contributed by atoms with Crippen LogP contribution in [0.15, 0.2) is 48.5 Å². The monoisotopic (exact) mass is 348 g/mol. The predicted octanol–water partition coefficient (Wildman–Crippen LogP) is 3.78. The van der Waals surface area contributed by atoms with E-state index in [1.165, 1.54) is 27.7 Å². The second kappa shape index (κ2) is 7.24. The standard InChI is InChI=1S/C22H24N2O2/c1-2-5-15-8-10-17(11-9-15)26-14-22(25)23-16-12-19-18-6-3-4-7-20(18)24-21(19)13-16/h3-4,6-11,16,24H,2,5,12-14H2,1H3,(H,23,25). The maximum absolute atomic E-state index is 12.2. The predicted molar refractivity (Wildman–Crippen MR) is 104 cm³/mol. The van der Waals surface area contributed by atoms with E-state index in [0.717, 1.165) is 31.4 Å². The number of amides is 1. The molecule has 1 aliphatic rings. The fourth-order valence-electron chi connectivity index (χ4n) is 3.79. The van der Waals surface area contributed by atoms with E-state index < -0.39 is 0 Å². The lowest BCUT2D eigenvalue weighted by Crippen LogP contribution is -2.38. The van der Waals surface area contributed by atoms with Gasteiger partial charge in [0.1, 0.15) is 5.75 Å². The second-order valence-corrected chi connectivity index (χ2v) is 6.98. The molecule has 0 fully saturated rings. The summed E-state index contributed by atoms with van der Waals surface area (Å²) >= 11 is 0. The number of hydrogen-bond donors (Lipinski definition) is 2. The molecule has 1 aromatic heterocycles. The summed E-state index contributed by atoms with van der Waals surface area (Å²) in [6, 6.07) is 16.5. The summed E-state index contributed by atoms with van der Waals surface area (Å²) in [6.45, 7) is 2.22. The van der Waals surface area contributed by atoms with Crippen LogP contribution in [0.25, 0.3) is 10.9 Å². The largest absolute Gasteiger partial charge is 0.484 e. The Morgan fingerprint density at radius 1 is 1.15 bits per heavy atom. The van der Waals surface area contributed by atoms with Crippen LogP contribution in [0.1, 0.15) is 30.2 Å². The van der Waals surface area contributed by atoms with Crippen molar-refractivity contribution in [1.82, 2.24) is 10.3 Å². The third-order valence-electron chi connectivity index (χ3n) is 5.00. The highest BCUT2D eigenvalue weighted by molar-refractivity contribution is 5.86. The molecule has 134 valence electrons. The number of para-hydroxylation sites is 1. The summed E-state index contributed by atoms with van der Waals surface area (Å²) in [5, 5.41) is 4.36. The van der Waals surface area contributed by atoms with Crippen LogP contribution >= 0.6 is 0 Å². The lowest BCUT2D eigenvalue weighted by Gasteiger charge is -2.13. The second-order valence-electron chi connectivity index (χ2n) is 6.98. The number of aromatic amines is 1. The molecule has 0 saturated heterocycles. The summed E-state index contributed by atoms with van der Waals surface area (Å²) in [5.74, 6) is 0.671. The average molecular weight is 348 g/mol. The van der Waals surface area contributed by atoms with Crippen molar-refractivity contribution in [3.8, 4) is 5.75 Å². The van der Waals surface area contributed by atoms with Crippen LogP contribution in [0, 0.1) is 0 Å². The molecule has 0 saturated carbocycles. The summed E-state index contributed by atoms with van der Waals surface area (Å²) in [4.78, 5) is 15.7. The fraction of sp³-hybridized carbons (Fsp3) is 0.318. The van der Waals surface area contributed by atoms with E-state index >= 15 is 0 Å². The van der Waals surface area contributed by atoms with Gasteiger partial charge in [-0.3, -0.25) is 4.79 Å². The van der Waals surface area contributed by atoms with E-state index in [1.54, 1.807) is 0 Å². The lowest BCUT2D eigenvalue weighted by atomic mass is 10.1. The Morgan fingerprint density at radius 3 is 2.77 bits per heavy atom. The molecule has 0 radical (unpaired) electrons. The minimum absolute atomic E-state index is 0.0539. The van der Waals surface area contributed by atoms with E-state index in [1.807, 2.05) is 18.2 Å². The normalized spacial score (nSPS) is 15.8. The van der Waals surface area contributed by atoms with Crippen molar-refractivity contribution in [3.63, 3.8) is 0 Å². The third kappa shape index (κ3) is 3.45. The van der Waals surface area contributed by atoms with Crippen molar-refractivity contribution in [2.45, 2.75) is 38.6 Å². The van der Waals surface area contributed by atoms with Crippen LogP contribution in [0.5, 0.6) is 5.75 Å². The average Bonchev–Trinajstić information content (AvgIpc) is 3.18. The molecule has 26 heavy (non-hydrogen) atoms. The lowest BCUT2D eigenvalue weighted by molar-refractivity contribution is -0.123. The Morgan fingerprint density at radius 2 is 1.96 bits per heavy atom. The molecule has 0 spiro atoms. The van der Waals surface area contributed by atoms with Gasteiger partial charge in [0, 0.05) is 29.1 Å². The first-order chi connectivity index (χ1) is 12.7. The number of aromatic nitrogens is 1. The molecule has 0 bridgehead atoms. The van der Waals surface area contributed by atoms with E-state index in [4.69, 9.17) is 4.74 Å². The first-order valence-corrected chi connectivity index (χ1v) is 9.32. The number of ether oxygens (including phenoxy) is 1. The van der Waals surface area contributed by atoms with Gasteiger partial charge in [0.05, 0.1) is 0 Å². The van der Waals surface area contributed by atoms with Gasteiger partial charge in [0.25, 0.3) is 5.91 Å². The number of carbonyl (C=O) groups excluding carboxylic acids is 1. The summed E-state index contributed by atoms with van der Waals surface area (Å²) < 4.78 is 5.62. The maximum Gasteiger partial charge on any atom is 0.258 e. The summed E-state index contributed by atoms with van der Waals surface area (Å²) in [7, 11) is 0. The Kier molecular flexibility index (Phi) is 4.65. The number of fused-ring (bicyclic) bond motifs is 3. The molecule has 4 heteroatoms. The van der Waals surface area contributed by atoms with Crippen molar-refractivity contribution in [2.75, 3.05) is 6.61 Å². The van der Waals surface area contributed by atoms with Crippen molar-refractivity contribution < 1.29 is 9.53 Å². The van der Waals surface area contributed by atoms with Gasteiger partial charge in [-0.1, -0.05) is 43.7 Å².